The van der Waals surface area contributed by atoms with E-state index in [1.807, 2.05) is 18.2 Å². The molecule has 1 saturated carbocycles. The summed E-state index contributed by atoms with van der Waals surface area (Å²) in [5.41, 5.74) is 0.586. The Bertz CT molecular complexity index is 945. The molecule has 4 rings (SSSR count). The van der Waals surface area contributed by atoms with Crippen molar-refractivity contribution < 1.29 is 17.9 Å². The number of carbonyl (C=O) groups is 1. The fraction of sp³-hybridized carbons (Fsp3) is 0.350. The van der Waals surface area contributed by atoms with E-state index in [0.29, 0.717) is 17.9 Å². The van der Waals surface area contributed by atoms with Gasteiger partial charge >= 0.3 is 0 Å². The summed E-state index contributed by atoms with van der Waals surface area (Å²) in [6.07, 6.45) is 1.59. The van der Waals surface area contributed by atoms with Crippen LogP contribution < -0.4 is 10.1 Å². The van der Waals surface area contributed by atoms with Gasteiger partial charge in [-0.3, -0.25) is 4.79 Å². The van der Waals surface area contributed by atoms with Crippen LogP contribution in [-0.2, 0) is 10.0 Å². The Balaban J connectivity index is 1.54. The molecule has 1 heterocycles. The predicted molar refractivity (Wildman–Crippen MR) is 101 cm³/mol. The zero-order valence-electron chi connectivity index (χ0n) is 15.0. The number of hydrogen-bond donors (Lipinski definition) is 1. The normalized spacial score (nSPS) is 24.7. The number of nitrogens with zero attached hydrogens (tertiary/aromatic N) is 1. The molecule has 2 aromatic carbocycles. The number of benzene rings is 2. The second kappa shape index (κ2) is 6.98. The van der Waals surface area contributed by atoms with Gasteiger partial charge in [-0.2, -0.15) is 4.31 Å². The minimum atomic E-state index is -3.63. The van der Waals surface area contributed by atoms with Crippen molar-refractivity contribution in [2.75, 3.05) is 13.7 Å². The minimum absolute atomic E-state index is 0.160. The molecule has 1 aliphatic carbocycles. The first-order valence-corrected chi connectivity index (χ1v) is 10.4. The lowest BCUT2D eigenvalue weighted by atomic mass is 10.1. The minimum Gasteiger partial charge on any atom is -0.497 e. The van der Waals surface area contributed by atoms with Crippen LogP contribution in [-0.4, -0.2) is 44.4 Å². The monoisotopic (exact) mass is 386 g/mol. The second-order valence-corrected chi connectivity index (χ2v) is 9.00. The Labute approximate surface area is 159 Å². The third-order valence-corrected chi connectivity index (χ3v) is 7.32. The first kappa shape index (κ1) is 18.0. The van der Waals surface area contributed by atoms with Crippen molar-refractivity contribution in [3.8, 4) is 5.75 Å². The Kier molecular flexibility index (Phi) is 4.65. The number of ether oxygens (including phenoxy) is 1. The highest BCUT2D eigenvalue weighted by Gasteiger charge is 2.50. The molecular formula is C20H22N2O4S. The van der Waals surface area contributed by atoms with Gasteiger partial charge in [0.05, 0.1) is 12.0 Å². The van der Waals surface area contributed by atoms with Crippen LogP contribution in [0.4, 0.5) is 0 Å². The highest BCUT2D eigenvalue weighted by molar-refractivity contribution is 7.89. The summed E-state index contributed by atoms with van der Waals surface area (Å²) >= 11 is 0. The summed E-state index contributed by atoms with van der Waals surface area (Å²) < 4.78 is 33.0. The third-order valence-electron chi connectivity index (χ3n) is 5.43. The number of fused-ring (bicyclic) bond motifs is 2. The van der Waals surface area contributed by atoms with Crippen LogP contribution in [0.15, 0.2) is 59.5 Å². The van der Waals surface area contributed by atoms with Gasteiger partial charge < -0.3 is 10.1 Å². The zero-order valence-corrected chi connectivity index (χ0v) is 15.9. The van der Waals surface area contributed by atoms with E-state index in [9.17, 15) is 13.2 Å². The number of methoxy groups -OCH3 is 1. The van der Waals surface area contributed by atoms with Gasteiger partial charge in [0.1, 0.15) is 5.75 Å². The highest BCUT2D eigenvalue weighted by Crippen LogP contribution is 2.41. The predicted octanol–water partition coefficient (Wildman–Crippen LogP) is 2.28. The number of carbonyl (C=O) groups excluding carboxylic acids is 1. The van der Waals surface area contributed by atoms with E-state index in [1.54, 1.807) is 40.7 Å². The molecule has 0 radical (unpaired) electrons. The lowest BCUT2D eigenvalue weighted by Gasteiger charge is -2.33. The zero-order chi connectivity index (χ0) is 19.0. The number of sulfonamides is 1. The standard InChI is InChI=1S/C20H22N2O4S/c1-26-16-8-5-9-17(12-16)27(24,25)22-13-14-10-18(19(22)11-14)21-20(23)15-6-3-2-4-7-15/h2-9,12,14,18-19H,10-11,13H2,1H3,(H,21,23). The molecule has 2 aromatic rings. The molecule has 1 aliphatic heterocycles. The molecule has 3 unspecified atom stereocenters. The average molecular weight is 386 g/mol. The molecule has 6 nitrogen and oxygen atoms in total. The third kappa shape index (κ3) is 3.33. The highest BCUT2D eigenvalue weighted by atomic mass is 32.2. The topological polar surface area (TPSA) is 75.7 Å². The lowest BCUT2D eigenvalue weighted by Crippen LogP contribution is -2.51. The molecule has 7 heteroatoms. The maximum Gasteiger partial charge on any atom is 0.251 e. The van der Waals surface area contributed by atoms with E-state index in [1.165, 1.54) is 7.11 Å². The van der Waals surface area contributed by atoms with Gasteiger partial charge in [0.25, 0.3) is 5.91 Å². The molecule has 2 bridgehead atoms. The number of amides is 1. The van der Waals surface area contributed by atoms with Gasteiger partial charge in [-0.05, 0) is 43.0 Å². The van der Waals surface area contributed by atoms with Crippen molar-refractivity contribution in [3.63, 3.8) is 0 Å². The van der Waals surface area contributed by atoms with Crippen molar-refractivity contribution in [3.05, 3.63) is 60.2 Å². The van der Waals surface area contributed by atoms with E-state index in [0.717, 1.165) is 12.8 Å². The average Bonchev–Trinajstić information content (AvgIpc) is 3.29. The van der Waals surface area contributed by atoms with E-state index >= 15 is 0 Å². The fourth-order valence-corrected chi connectivity index (χ4v) is 5.93. The Morgan fingerprint density at radius 2 is 1.89 bits per heavy atom. The van der Waals surface area contributed by atoms with Crippen LogP contribution in [0.5, 0.6) is 5.75 Å². The lowest BCUT2D eigenvalue weighted by molar-refractivity contribution is 0.0917. The number of piperidine rings is 1. The molecule has 1 saturated heterocycles. The van der Waals surface area contributed by atoms with Crippen LogP contribution in [0.2, 0.25) is 0 Å². The van der Waals surface area contributed by atoms with Crippen LogP contribution in [0, 0.1) is 5.92 Å². The van der Waals surface area contributed by atoms with Crippen molar-refractivity contribution in [1.29, 1.82) is 0 Å². The molecule has 0 aromatic heterocycles. The van der Waals surface area contributed by atoms with Gasteiger partial charge in [-0.25, -0.2) is 8.42 Å². The van der Waals surface area contributed by atoms with E-state index in [2.05, 4.69) is 5.32 Å². The largest absolute Gasteiger partial charge is 0.497 e. The van der Waals surface area contributed by atoms with Crippen LogP contribution in [0.25, 0.3) is 0 Å². The van der Waals surface area contributed by atoms with Crippen LogP contribution >= 0.6 is 0 Å². The van der Waals surface area contributed by atoms with Gasteiger partial charge in [-0.15, -0.1) is 0 Å². The first-order chi connectivity index (χ1) is 13.0. The van der Waals surface area contributed by atoms with Gasteiger partial charge in [-0.1, -0.05) is 24.3 Å². The summed E-state index contributed by atoms with van der Waals surface area (Å²) in [7, 11) is -2.12. The molecule has 0 spiro atoms. The SMILES string of the molecule is COc1cccc(S(=O)(=O)N2CC3CC(NC(=O)c4ccccc4)C2C3)c1. The van der Waals surface area contributed by atoms with Crippen molar-refractivity contribution in [2.45, 2.75) is 29.8 Å². The maximum absolute atomic E-state index is 13.2. The van der Waals surface area contributed by atoms with Crippen LogP contribution in [0.1, 0.15) is 23.2 Å². The van der Waals surface area contributed by atoms with E-state index in [4.69, 9.17) is 4.74 Å². The van der Waals surface area contributed by atoms with Gasteiger partial charge in [0.2, 0.25) is 10.0 Å². The smallest absolute Gasteiger partial charge is 0.251 e. The molecule has 1 N–H and O–H groups in total. The van der Waals surface area contributed by atoms with Crippen molar-refractivity contribution >= 4 is 15.9 Å². The second-order valence-electron chi connectivity index (χ2n) is 7.10. The fourth-order valence-electron chi connectivity index (χ4n) is 4.15. The molecular weight excluding hydrogens is 364 g/mol. The molecule has 3 atom stereocenters. The van der Waals surface area contributed by atoms with Crippen LogP contribution in [0.3, 0.4) is 0 Å². The van der Waals surface area contributed by atoms with Crippen molar-refractivity contribution in [1.82, 2.24) is 9.62 Å². The Hall–Kier alpha value is -2.38. The number of hydrogen-bond acceptors (Lipinski definition) is 4. The summed E-state index contributed by atoms with van der Waals surface area (Å²) in [5, 5.41) is 3.03. The quantitative estimate of drug-likeness (QED) is 0.855. The van der Waals surface area contributed by atoms with Gasteiger partial charge in [0.15, 0.2) is 0 Å². The summed E-state index contributed by atoms with van der Waals surface area (Å²) in [6.45, 7) is 0.502. The molecule has 2 fully saturated rings. The molecule has 2 aliphatic rings. The van der Waals surface area contributed by atoms with E-state index < -0.39 is 10.0 Å². The van der Waals surface area contributed by atoms with Crippen molar-refractivity contribution in [2.24, 2.45) is 5.92 Å². The molecule has 1 amide bonds. The summed E-state index contributed by atoms with van der Waals surface area (Å²) in [5.74, 6) is 0.623. The summed E-state index contributed by atoms with van der Waals surface area (Å²) in [4.78, 5) is 12.7. The van der Waals surface area contributed by atoms with Gasteiger partial charge in [0, 0.05) is 30.3 Å². The maximum atomic E-state index is 13.2. The Morgan fingerprint density at radius 3 is 2.59 bits per heavy atom. The molecule has 142 valence electrons. The Morgan fingerprint density at radius 1 is 1.11 bits per heavy atom. The van der Waals surface area contributed by atoms with E-state index in [-0.39, 0.29) is 28.8 Å². The first-order valence-electron chi connectivity index (χ1n) is 9.01. The summed E-state index contributed by atoms with van der Waals surface area (Å²) in [6, 6.07) is 15.1. The number of rotatable bonds is 5. The molecule has 27 heavy (non-hydrogen) atoms. The number of nitrogens with one attached hydrogen (secondary N) is 1.